The maximum atomic E-state index is 12.4. The number of hydrogen-bond acceptors (Lipinski definition) is 4. The van der Waals surface area contributed by atoms with E-state index in [-0.39, 0.29) is 23.1 Å². The Morgan fingerprint density at radius 2 is 2.29 bits per heavy atom. The van der Waals surface area contributed by atoms with Gasteiger partial charge in [0.15, 0.2) is 0 Å². The summed E-state index contributed by atoms with van der Waals surface area (Å²) < 4.78 is 0. The van der Waals surface area contributed by atoms with Gasteiger partial charge in [-0.15, -0.1) is 11.3 Å². The molecule has 2 aromatic rings. The van der Waals surface area contributed by atoms with Crippen molar-refractivity contribution in [3.8, 4) is 0 Å². The highest BCUT2D eigenvalue weighted by Gasteiger charge is 2.61. The zero-order valence-electron chi connectivity index (χ0n) is 13.3. The molecule has 24 heavy (non-hydrogen) atoms. The molecule has 0 radical (unpaired) electrons. The fourth-order valence-electron chi connectivity index (χ4n) is 3.62. The fraction of sp³-hybridized carbons (Fsp3) is 0.389. The van der Waals surface area contributed by atoms with Crippen LogP contribution in [0.2, 0.25) is 0 Å². The van der Waals surface area contributed by atoms with Gasteiger partial charge in [-0.2, -0.15) is 0 Å². The van der Waals surface area contributed by atoms with Crippen LogP contribution >= 0.6 is 11.3 Å². The first-order valence-electron chi connectivity index (χ1n) is 8.17. The average molecular weight is 341 g/mol. The lowest BCUT2D eigenvalue weighted by Gasteiger charge is -2.16. The lowest BCUT2D eigenvalue weighted by Crippen LogP contribution is -2.31. The Morgan fingerprint density at radius 1 is 1.38 bits per heavy atom. The molecular weight excluding hydrogens is 322 g/mol. The summed E-state index contributed by atoms with van der Waals surface area (Å²) in [4.78, 5) is 31.9. The highest BCUT2D eigenvalue weighted by Crippen LogP contribution is 2.58. The molecule has 1 aliphatic heterocycles. The summed E-state index contributed by atoms with van der Waals surface area (Å²) in [6, 6.07) is 7.61. The second kappa shape index (κ2) is 6.02. The topological polar surface area (TPSA) is 62.3 Å². The summed E-state index contributed by atoms with van der Waals surface area (Å²) in [7, 11) is 0. The van der Waals surface area contributed by atoms with Crippen molar-refractivity contribution >= 4 is 28.8 Å². The van der Waals surface area contributed by atoms with Gasteiger partial charge in [0.05, 0.1) is 18.3 Å². The van der Waals surface area contributed by atoms with E-state index in [9.17, 15) is 9.59 Å². The van der Waals surface area contributed by atoms with Crippen molar-refractivity contribution < 1.29 is 9.59 Å². The van der Waals surface area contributed by atoms with Gasteiger partial charge in [-0.3, -0.25) is 14.6 Å². The van der Waals surface area contributed by atoms with Gasteiger partial charge in [-0.25, -0.2) is 0 Å². The van der Waals surface area contributed by atoms with Crippen LogP contribution in [0.5, 0.6) is 0 Å². The summed E-state index contributed by atoms with van der Waals surface area (Å²) in [5, 5.41) is 4.93. The lowest BCUT2D eigenvalue weighted by atomic mass is 10.0. The van der Waals surface area contributed by atoms with Crippen molar-refractivity contribution in [2.24, 2.45) is 11.3 Å². The van der Waals surface area contributed by atoms with Gasteiger partial charge in [0, 0.05) is 35.5 Å². The molecule has 0 unspecified atom stereocenters. The zero-order chi connectivity index (χ0) is 16.6. The quantitative estimate of drug-likeness (QED) is 0.930. The van der Waals surface area contributed by atoms with E-state index < -0.39 is 0 Å². The van der Waals surface area contributed by atoms with Crippen molar-refractivity contribution in [3.05, 3.63) is 46.9 Å². The number of rotatable bonds is 4. The van der Waals surface area contributed by atoms with Crippen molar-refractivity contribution in [1.82, 2.24) is 9.88 Å². The molecule has 1 saturated carbocycles. The summed E-state index contributed by atoms with van der Waals surface area (Å²) in [6.07, 6.45) is 5.61. The second-order valence-corrected chi connectivity index (χ2v) is 7.70. The third-order valence-electron chi connectivity index (χ3n) is 5.08. The molecular formula is C18H19N3O2S. The van der Waals surface area contributed by atoms with Gasteiger partial charge in [0.2, 0.25) is 11.8 Å². The Bertz CT molecular complexity index is 747. The third kappa shape index (κ3) is 2.94. The number of nitrogens with zero attached hydrogens (tertiary/aromatic N) is 2. The Morgan fingerprint density at radius 3 is 3.04 bits per heavy atom. The van der Waals surface area contributed by atoms with Crippen molar-refractivity contribution in [2.75, 3.05) is 18.4 Å². The highest BCUT2D eigenvalue weighted by molar-refractivity contribution is 7.10. The Balaban J connectivity index is 1.34. The SMILES string of the molecule is O=C(Nc1cccnc1)[C@H]1C[C@@]12CCN(C(=O)Cc1cccs1)C2. The van der Waals surface area contributed by atoms with E-state index >= 15 is 0 Å². The van der Waals surface area contributed by atoms with Crippen LogP contribution in [-0.2, 0) is 16.0 Å². The smallest absolute Gasteiger partial charge is 0.228 e. The van der Waals surface area contributed by atoms with E-state index in [0.717, 1.165) is 30.0 Å². The molecule has 2 aliphatic rings. The number of pyridine rings is 1. The Hall–Kier alpha value is -2.21. The predicted octanol–water partition coefficient (Wildman–Crippen LogP) is 2.56. The average Bonchev–Trinajstić information content (AvgIpc) is 2.90. The normalized spacial score (nSPS) is 25.0. The predicted molar refractivity (Wildman–Crippen MR) is 92.6 cm³/mol. The van der Waals surface area contributed by atoms with E-state index in [0.29, 0.717) is 13.0 Å². The van der Waals surface area contributed by atoms with Crippen LogP contribution in [0.15, 0.2) is 42.0 Å². The third-order valence-corrected chi connectivity index (χ3v) is 5.96. The number of anilines is 1. The fourth-order valence-corrected chi connectivity index (χ4v) is 4.31. The summed E-state index contributed by atoms with van der Waals surface area (Å²) in [5.41, 5.74) is 0.727. The van der Waals surface area contributed by atoms with Crippen LogP contribution < -0.4 is 5.32 Å². The second-order valence-electron chi connectivity index (χ2n) is 6.67. The van der Waals surface area contributed by atoms with Crippen LogP contribution in [0.3, 0.4) is 0 Å². The zero-order valence-corrected chi connectivity index (χ0v) is 14.1. The Labute approximate surface area is 144 Å². The number of carbonyl (C=O) groups is 2. The molecule has 2 fully saturated rings. The van der Waals surface area contributed by atoms with Gasteiger partial charge >= 0.3 is 0 Å². The number of amides is 2. The van der Waals surface area contributed by atoms with Crippen LogP contribution in [-0.4, -0.2) is 34.8 Å². The van der Waals surface area contributed by atoms with Crippen molar-refractivity contribution in [1.29, 1.82) is 0 Å². The molecule has 1 N–H and O–H groups in total. The first kappa shape index (κ1) is 15.3. The molecule has 1 spiro atoms. The molecule has 2 atom stereocenters. The molecule has 1 aliphatic carbocycles. The molecule has 124 valence electrons. The molecule has 3 heterocycles. The molecule has 1 saturated heterocycles. The molecule has 4 rings (SSSR count). The van der Waals surface area contributed by atoms with Gasteiger partial charge < -0.3 is 10.2 Å². The maximum Gasteiger partial charge on any atom is 0.228 e. The van der Waals surface area contributed by atoms with E-state index in [1.807, 2.05) is 28.5 Å². The van der Waals surface area contributed by atoms with Crippen molar-refractivity contribution in [3.63, 3.8) is 0 Å². The summed E-state index contributed by atoms with van der Waals surface area (Å²) >= 11 is 1.61. The monoisotopic (exact) mass is 341 g/mol. The van der Waals surface area contributed by atoms with E-state index in [1.54, 1.807) is 29.8 Å². The first-order chi connectivity index (χ1) is 11.7. The molecule has 0 aromatic carbocycles. The van der Waals surface area contributed by atoms with Gasteiger partial charge in [-0.1, -0.05) is 6.07 Å². The molecule has 0 bridgehead atoms. The maximum absolute atomic E-state index is 12.4. The van der Waals surface area contributed by atoms with E-state index in [1.165, 1.54) is 0 Å². The van der Waals surface area contributed by atoms with Crippen LogP contribution in [0.4, 0.5) is 5.69 Å². The van der Waals surface area contributed by atoms with Crippen LogP contribution in [0.25, 0.3) is 0 Å². The number of hydrogen-bond donors (Lipinski definition) is 1. The summed E-state index contributed by atoms with van der Waals surface area (Å²) in [6.45, 7) is 1.48. The van der Waals surface area contributed by atoms with E-state index in [4.69, 9.17) is 0 Å². The standard InChI is InChI=1S/C18H19N3O2S/c22-16(9-14-4-2-8-24-14)21-7-5-18(12-21)10-15(18)17(23)20-13-3-1-6-19-11-13/h1-4,6,8,11,15H,5,7,9-10,12H2,(H,20,23)/t15-,18-/m1/s1. The number of nitrogens with one attached hydrogen (secondary N) is 1. The minimum absolute atomic E-state index is 0.00258. The number of aromatic nitrogens is 1. The lowest BCUT2D eigenvalue weighted by molar-refractivity contribution is -0.129. The van der Waals surface area contributed by atoms with Gasteiger partial charge in [-0.05, 0) is 36.4 Å². The Kier molecular flexibility index (Phi) is 3.84. The number of carbonyl (C=O) groups excluding carboxylic acids is 2. The molecule has 5 nitrogen and oxygen atoms in total. The highest BCUT2D eigenvalue weighted by atomic mass is 32.1. The molecule has 2 amide bonds. The van der Waals surface area contributed by atoms with E-state index in [2.05, 4.69) is 10.3 Å². The minimum Gasteiger partial charge on any atom is -0.342 e. The first-order valence-corrected chi connectivity index (χ1v) is 9.05. The minimum atomic E-state index is -0.00258. The number of thiophene rings is 1. The van der Waals surface area contributed by atoms with Crippen LogP contribution in [0.1, 0.15) is 17.7 Å². The van der Waals surface area contributed by atoms with Crippen LogP contribution in [0, 0.1) is 11.3 Å². The number of likely N-dealkylation sites (tertiary alicyclic amines) is 1. The largest absolute Gasteiger partial charge is 0.342 e. The van der Waals surface area contributed by atoms with Gasteiger partial charge in [0.1, 0.15) is 0 Å². The molecule has 2 aromatic heterocycles. The molecule has 6 heteroatoms. The van der Waals surface area contributed by atoms with Gasteiger partial charge in [0.25, 0.3) is 0 Å². The summed E-state index contributed by atoms with van der Waals surface area (Å²) in [5.74, 6) is 0.237. The van der Waals surface area contributed by atoms with Crippen molar-refractivity contribution in [2.45, 2.75) is 19.3 Å².